The summed E-state index contributed by atoms with van der Waals surface area (Å²) in [5.74, 6) is 0.698. The largest absolute Gasteiger partial charge is 0.444 e. The van der Waals surface area contributed by atoms with Gasteiger partial charge in [-0.2, -0.15) is 0 Å². The van der Waals surface area contributed by atoms with Crippen LogP contribution in [0.15, 0.2) is 41.3 Å². The van der Waals surface area contributed by atoms with Crippen molar-refractivity contribution in [1.82, 2.24) is 9.97 Å². The van der Waals surface area contributed by atoms with E-state index in [1.807, 2.05) is 45.0 Å². The van der Waals surface area contributed by atoms with Gasteiger partial charge in [-0.15, -0.1) is 0 Å². The second-order valence-electron chi connectivity index (χ2n) is 5.90. The summed E-state index contributed by atoms with van der Waals surface area (Å²) in [6.07, 6.45) is 2.83. The maximum atomic E-state index is 11.7. The maximum absolute atomic E-state index is 11.7. The van der Waals surface area contributed by atoms with Gasteiger partial charge in [0.2, 0.25) is 0 Å². The Morgan fingerprint density at radius 1 is 1.17 bits per heavy atom. The molecule has 0 aliphatic carbocycles. The standard InChI is InChI=1S/C16H19BrN4O2/c1-16(2,3)23-15(22)21-12-6-4-11(5-7-12)8-19-14-10-18-13(17)9-20-14/h4-7,9-10H,8H2,1-3H3,(H,19,20)(H,21,22). The smallest absolute Gasteiger partial charge is 0.412 e. The van der Waals surface area contributed by atoms with Gasteiger partial charge in [0.15, 0.2) is 0 Å². The van der Waals surface area contributed by atoms with Crippen LogP contribution < -0.4 is 10.6 Å². The maximum Gasteiger partial charge on any atom is 0.412 e. The molecule has 0 radical (unpaired) electrons. The SMILES string of the molecule is CC(C)(C)OC(=O)Nc1ccc(CNc2cnc(Br)cn2)cc1. The zero-order chi connectivity index (χ0) is 16.9. The number of rotatable bonds is 4. The van der Waals surface area contributed by atoms with Gasteiger partial charge in [0.1, 0.15) is 16.0 Å². The number of hydrogen-bond acceptors (Lipinski definition) is 5. The monoisotopic (exact) mass is 378 g/mol. The molecule has 2 rings (SSSR count). The Morgan fingerprint density at radius 3 is 2.43 bits per heavy atom. The van der Waals surface area contributed by atoms with E-state index in [2.05, 4.69) is 36.5 Å². The molecule has 6 nitrogen and oxygen atoms in total. The molecule has 0 aliphatic heterocycles. The molecule has 0 fully saturated rings. The second-order valence-corrected chi connectivity index (χ2v) is 6.71. The number of hydrogen-bond donors (Lipinski definition) is 2. The molecule has 2 aromatic rings. The molecule has 2 N–H and O–H groups in total. The van der Waals surface area contributed by atoms with Gasteiger partial charge in [-0.3, -0.25) is 5.32 Å². The summed E-state index contributed by atoms with van der Waals surface area (Å²) in [6, 6.07) is 7.50. The molecule has 0 saturated heterocycles. The quantitative estimate of drug-likeness (QED) is 0.833. The van der Waals surface area contributed by atoms with Crippen LogP contribution in [0.5, 0.6) is 0 Å². The lowest BCUT2D eigenvalue weighted by atomic mass is 10.2. The molecule has 1 amide bonds. The molecule has 0 bridgehead atoms. The van der Waals surface area contributed by atoms with Crippen molar-refractivity contribution in [1.29, 1.82) is 0 Å². The van der Waals surface area contributed by atoms with Crippen LogP contribution in [-0.2, 0) is 11.3 Å². The first-order valence-corrected chi connectivity index (χ1v) is 7.91. The van der Waals surface area contributed by atoms with E-state index in [1.165, 1.54) is 0 Å². The van der Waals surface area contributed by atoms with Crippen LogP contribution in [0.4, 0.5) is 16.3 Å². The normalized spacial score (nSPS) is 11.0. The van der Waals surface area contributed by atoms with E-state index in [-0.39, 0.29) is 0 Å². The molecule has 0 unspecified atom stereocenters. The zero-order valence-electron chi connectivity index (χ0n) is 13.3. The molecule has 0 aliphatic rings. The second kappa shape index (κ2) is 7.41. The average molecular weight is 379 g/mol. The third kappa shape index (κ3) is 6.23. The summed E-state index contributed by atoms with van der Waals surface area (Å²) in [5.41, 5.74) is 1.23. The number of aromatic nitrogens is 2. The fourth-order valence-corrected chi connectivity index (χ4v) is 1.93. The van der Waals surface area contributed by atoms with Crippen molar-refractivity contribution < 1.29 is 9.53 Å². The van der Waals surface area contributed by atoms with Gasteiger partial charge < -0.3 is 10.1 Å². The Kier molecular flexibility index (Phi) is 5.54. The van der Waals surface area contributed by atoms with Gasteiger partial charge in [0.25, 0.3) is 0 Å². The van der Waals surface area contributed by atoms with E-state index in [0.29, 0.717) is 22.7 Å². The highest BCUT2D eigenvalue weighted by atomic mass is 79.9. The summed E-state index contributed by atoms with van der Waals surface area (Å²) < 4.78 is 5.90. The van der Waals surface area contributed by atoms with Crippen molar-refractivity contribution >= 4 is 33.5 Å². The zero-order valence-corrected chi connectivity index (χ0v) is 14.8. The highest BCUT2D eigenvalue weighted by Gasteiger charge is 2.15. The Bertz CT molecular complexity index is 651. The van der Waals surface area contributed by atoms with E-state index < -0.39 is 11.7 Å². The van der Waals surface area contributed by atoms with Gasteiger partial charge in [-0.25, -0.2) is 14.8 Å². The van der Waals surface area contributed by atoms with Crippen LogP contribution in [0.2, 0.25) is 0 Å². The molecule has 7 heteroatoms. The lowest BCUT2D eigenvalue weighted by molar-refractivity contribution is 0.0636. The van der Waals surface area contributed by atoms with E-state index in [0.717, 1.165) is 5.56 Å². The first-order valence-electron chi connectivity index (χ1n) is 7.12. The van der Waals surface area contributed by atoms with Crippen molar-refractivity contribution in [2.45, 2.75) is 32.9 Å². The number of nitrogens with zero attached hydrogens (tertiary/aromatic N) is 2. The van der Waals surface area contributed by atoms with Crippen molar-refractivity contribution in [3.8, 4) is 0 Å². The van der Waals surface area contributed by atoms with Crippen LogP contribution in [0.3, 0.4) is 0 Å². The number of nitrogens with one attached hydrogen (secondary N) is 2. The fraction of sp³-hybridized carbons (Fsp3) is 0.312. The molecular weight excluding hydrogens is 360 g/mol. The molecule has 1 aromatic carbocycles. The van der Waals surface area contributed by atoms with E-state index in [4.69, 9.17) is 4.74 Å². The Balaban J connectivity index is 1.87. The first-order chi connectivity index (χ1) is 10.8. The molecule has 0 spiro atoms. The van der Waals surface area contributed by atoms with Gasteiger partial charge in [0, 0.05) is 12.2 Å². The van der Waals surface area contributed by atoms with Crippen LogP contribution in [0.1, 0.15) is 26.3 Å². The molecule has 122 valence electrons. The number of halogens is 1. The van der Waals surface area contributed by atoms with Crippen molar-refractivity contribution in [3.05, 3.63) is 46.8 Å². The minimum Gasteiger partial charge on any atom is -0.444 e. The van der Waals surface area contributed by atoms with Crippen molar-refractivity contribution in [2.75, 3.05) is 10.6 Å². The van der Waals surface area contributed by atoms with Gasteiger partial charge in [-0.05, 0) is 54.4 Å². The highest BCUT2D eigenvalue weighted by molar-refractivity contribution is 9.10. The van der Waals surface area contributed by atoms with Gasteiger partial charge in [0.05, 0.1) is 12.4 Å². The van der Waals surface area contributed by atoms with E-state index in [1.54, 1.807) is 12.4 Å². The number of anilines is 2. The lowest BCUT2D eigenvalue weighted by Crippen LogP contribution is -2.27. The molecule has 23 heavy (non-hydrogen) atoms. The first kappa shape index (κ1) is 17.2. The summed E-state index contributed by atoms with van der Waals surface area (Å²) in [6.45, 7) is 6.09. The van der Waals surface area contributed by atoms with Crippen LogP contribution >= 0.6 is 15.9 Å². The molecule has 0 atom stereocenters. The average Bonchev–Trinajstić information content (AvgIpc) is 2.46. The van der Waals surface area contributed by atoms with E-state index in [9.17, 15) is 4.79 Å². The Morgan fingerprint density at radius 2 is 1.87 bits per heavy atom. The lowest BCUT2D eigenvalue weighted by Gasteiger charge is -2.19. The summed E-state index contributed by atoms with van der Waals surface area (Å²) in [7, 11) is 0. The third-order valence-corrected chi connectivity index (χ3v) is 3.10. The molecular formula is C16H19BrN4O2. The van der Waals surface area contributed by atoms with Crippen molar-refractivity contribution in [3.63, 3.8) is 0 Å². The Hall–Kier alpha value is -2.15. The third-order valence-electron chi connectivity index (χ3n) is 2.69. The summed E-state index contributed by atoms with van der Waals surface area (Å²) in [5, 5.41) is 5.87. The van der Waals surface area contributed by atoms with Crippen LogP contribution in [0.25, 0.3) is 0 Å². The predicted octanol–water partition coefficient (Wildman–Crippen LogP) is 4.20. The number of carbonyl (C=O) groups excluding carboxylic acids is 1. The number of ether oxygens (including phenoxy) is 1. The molecule has 1 aromatic heterocycles. The Labute approximate surface area is 143 Å². The number of amides is 1. The van der Waals surface area contributed by atoms with Crippen LogP contribution in [-0.4, -0.2) is 21.7 Å². The highest BCUT2D eigenvalue weighted by Crippen LogP contribution is 2.14. The topological polar surface area (TPSA) is 76.1 Å². The molecule has 0 saturated carbocycles. The van der Waals surface area contributed by atoms with E-state index >= 15 is 0 Å². The minimum atomic E-state index is -0.514. The number of carbonyl (C=O) groups is 1. The molecule has 1 heterocycles. The van der Waals surface area contributed by atoms with Crippen LogP contribution in [0, 0.1) is 0 Å². The fourth-order valence-electron chi connectivity index (χ4n) is 1.72. The van der Waals surface area contributed by atoms with Gasteiger partial charge >= 0.3 is 6.09 Å². The van der Waals surface area contributed by atoms with Crippen molar-refractivity contribution in [2.24, 2.45) is 0 Å². The summed E-state index contributed by atoms with van der Waals surface area (Å²) in [4.78, 5) is 20.0. The summed E-state index contributed by atoms with van der Waals surface area (Å²) >= 11 is 3.24. The number of benzene rings is 1. The predicted molar refractivity (Wildman–Crippen MR) is 93.4 cm³/mol. The van der Waals surface area contributed by atoms with Gasteiger partial charge in [-0.1, -0.05) is 12.1 Å². The minimum absolute atomic E-state index is 0.464.